The molecule has 0 aliphatic carbocycles. The maximum Gasteiger partial charge on any atom is 0.203 e. The van der Waals surface area contributed by atoms with Gasteiger partial charge in [0.15, 0.2) is 0 Å². The Morgan fingerprint density at radius 2 is 2.25 bits per heavy atom. The van der Waals surface area contributed by atoms with Gasteiger partial charge in [0.25, 0.3) is 0 Å². The van der Waals surface area contributed by atoms with Crippen molar-refractivity contribution in [1.29, 1.82) is 0 Å². The third kappa shape index (κ3) is 3.57. The Morgan fingerprint density at radius 3 is 2.95 bits per heavy atom. The highest BCUT2D eigenvalue weighted by atomic mass is 19.1. The van der Waals surface area contributed by atoms with Crippen LogP contribution in [0.3, 0.4) is 0 Å². The molecular formula is C15H20FN3O. The van der Waals surface area contributed by atoms with Crippen molar-refractivity contribution in [2.24, 2.45) is 0 Å². The van der Waals surface area contributed by atoms with Gasteiger partial charge in [0.2, 0.25) is 5.95 Å². The number of nitrogens with zero attached hydrogens (tertiary/aromatic N) is 2. The van der Waals surface area contributed by atoms with E-state index in [1.807, 2.05) is 23.8 Å². The largest absolute Gasteiger partial charge is 0.383 e. The predicted octanol–water partition coefficient (Wildman–Crippen LogP) is 3.15. The number of rotatable bonds is 6. The van der Waals surface area contributed by atoms with Gasteiger partial charge in [-0.2, -0.15) is 0 Å². The van der Waals surface area contributed by atoms with Crippen molar-refractivity contribution in [2.75, 3.05) is 19.0 Å². The van der Waals surface area contributed by atoms with Gasteiger partial charge in [-0.15, -0.1) is 0 Å². The Labute approximate surface area is 118 Å². The number of anilines is 1. The molecule has 1 heterocycles. The van der Waals surface area contributed by atoms with Gasteiger partial charge < -0.3 is 14.6 Å². The highest BCUT2D eigenvalue weighted by molar-refractivity contribution is 5.31. The monoisotopic (exact) mass is 277 g/mol. The summed E-state index contributed by atoms with van der Waals surface area (Å²) in [5.74, 6) is 0.549. The van der Waals surface area contributed by atoms with E-state index in [9.17, 15) is 4.39 Å². The number of aryl methyl sites for hydroxylation is 1. The van der Waals surface area contributed by atoms with Crippen molar-refractivity contribution in [3.63, 3.8) is 0 Å². The fourth-order valence-corrected chi connectivity index (χ4v) is 2.13. The van der Waals surface area contributed by atoms with Gasteiger partial charge in [-0.05, 0) is 31.5 Å². The molecule has 2 rings (SSSR count). The molecule has 1 unspecified atom stereocenters. The Bertz CT molecular complexity index is 568. The molecule has 1 aromatic heterocycles. The lowest BCUT2D eigenvalue weighted by atomic mass is 10.2. The van der Waals surface area contributed by atoms with Gasteiger partial charge in [-0.1, -0.05) is 12.1 Å². The van der Waals surface area contributed by atoms with Crippen molar-refractivity contribution in [3.05, 3.63) is 47.5 Å². The summed E-state index contributed by atoms with van der Waals surface area (Å²) in [6.45, 7) is 5.17. The first-order chi connectivity index (χ1) is 9.60. The van der Waals surface area contributed by atoms with Crippen LogP contribution < -0.4 is 5.32 Å². The van der Waals surface area contributed by atoms with Crippen molar-refractivity contribution >= 4 is 5.95 Å². The summed E-state index contributed by atoms with van der Waals surface area (Å²) >= 11 is 0. The number of aromatic nitrogens is 2. The number of methoxy groups -OCH3 is 1. The number of hydrogen-bond acceptors (Lipinski definition) is 3. The van der Waals surface area contributed by atoms with E-state index in [2.05, 4.69) is 17.2 Å². The number of nitrogens with one attached hydrogen (secondary N) is 1. The molecular weight excluding hydrogens is 257 g/mol. The molecule has 0 aliphatic rings. The van der Waals surface area contributed by atoms with Gasteiger partial charge in [0.1, 0.15) is 5.82 Å². The first-order valence-corrected chi connectivity index (χ1v) is 6.63. The Balaban J connectivity index is 2.09. The van der Waals surface area contributed by atoms with Crippen molar-refractivity contribution in [3.8, 4) is 0 Å². The van der Waals surface area contributed by atoms with E-state index < -0.39 is 0 Å². The Kier molecular flexibility index (Phi) is 4.74. The minimum atomic E-state index is -0.225. The minimum Gasteiger partial charge on any atom is -0.383 e. The zero-order chi connectivity index (χ0) is 14.5. The van der Waals surface area contributed by atoms with Crippen LogP contribution in [0.2, 0.25) is 0 Å². The van der Waals surface area contributed by atoms with E-state index in [0.717, 1.165) is 17.2 Å². The molecule has 0 radical (unpaired) electrons. The summed E-state index contributed by atoms with van der Waals surface area (Å²) in [7, 11) is 1.68. The smallest absolute Gasteiger partial charge is 0.203 e. The van der Waals surface area contributed by atoms with Crippen LogP contribution in [0.1, 0.15) is 24.2 Å². The molecule has 108 valence electrons. The Morgan fingerprint density at radius 1 is 1.45 bits per heavy atom. The van der Waals surface area contributed by atoms with E-state index in [1.54, 1.807) is 13.2 Å². The average molecular weight is 277 g/mol. The van der Waals surface area contributed by atoms with Gasteiger partial charge in [0.05, 0.1) is 18.3 Å². The lowest BCUT2D eigenvalue weighted by Crippen LogP contribution is -2.14. The second-order valence-electron chi connectivity index (χ2n) is 4.90. The maximum absolute atomic E-state index is 13.1. The quantitative estimate of drug-likeness (QED) is 0.881. The zero-order valence-corrected chi connectivity index (χ0v) is 12.1. The van der Waals surface area contributed by atoms with Crippen molar-refractivity contribution in [2.45, 2.75) is 26.4 Å². The standard InChI is InChI=1S/C15H20FN3O/c1-11-9-19(12(2)10-20-3)15(18-11)17-8-13-5-4-6-14(16)7-13/h4-7,9,12H,8,10H2,1-3H3,(H,17,18). The van der Waals surface area contributed by atoms with Crippen LogP contribution in [-0.2, 0) is 11.3 Å². The van der Waals surface area contributed by atoms with Crippen LogP contribution in [0.5, 0.6) is 0 Å². The van der Waals surface area contributed by atoms with Crippen molar-refractivity contribution in [1.82, 2.24) is 9.55 Å². The molecule has 0 bridgehead atoms. The molecule has 0 amide bonds. The molecule has 1 N–H and O–H groups in total. The fraction of sp³-hybridized carbons (Fsp3) is 0.400. The molecule has 5 heteroatoms. The summed E-state index contributed by atoms with van der Waals surface area (Å²) in [6, 6.07) is 6.74. The molecule has 1 aromatic carbocycles. The lowest BCUT2D eigenvalue weighted by molar-refractivity contribution is 0.163. The van der Waals surface area contributed by atoms with Crippen LogP contribution in [-0.4, -0.2) is 23.3 Å². The maximum atomic E-state index is 13.1. The van der Waals surface area contributed by atoms with E-state index in [1.165, 1.54) is 12.1 Å². The van der Waals surface area contributed by atoms with Crippen LogP contribution in [0.4, 0.5) is 10.3 Å². The van der Waals surface area contributed by atoms with E-state index in [4.69, 9.17) is 4.74 Å². The van der Waals surface area contributed by atoms with Crippen LogP contribution >= 0.6 is 0 Å². The highest BCUT2D eigenvalue weighted by Gasteiger charge is 2.11. The van der Waals surface area contributed by atoms with Gasteiger partial charge >= 0.3 is 0 Å². The summed E-state index contributed by atoms with van der Waals surface area (Å²) in [5, 5.41) is 3.25. The van der Waals surface area contributed by atoms with Crippen molar-refractivity contribution < 1.29 is 9.13 Å². The van der Waals surface area contributed by atoms with Gasteiger partial charge in [0, 0.05) is 19.9 Å². The second-order valence-corrected chi connectivity index (χ2v) is 4.90. The molecule has 2 aromatic rings. The third-order valence-corrected chi connectivity index (χ3v) is 3.08. The normalized spacial score (nSPS) is 12.4. The zero-order valence-electron chi connectivity index (χ0n) is 12.1. The molecule has 20 heavy (non-hydrogen) atoms. The minimum absolute atomic E-state index is 0.191. The fourth-order valence-electron chi connectivity index (χ4n) is 2.13. The second kappa shape index (κ2) is 6.52. The summed E-state index contributed by atoms with van der Waals surface area (Å²) in [5.41, 5.74) is 1.83. The topological polar surface area (TPSA) is 39.1 Å². The number of imidazole rings is 1. The molecule has 0 saturated carbocycles. The Hall–Kier alpha value is -1.88. The third-order valence-electron chi connectivity index (χ3n) is 3.08. The van der Waals surface area contributed by atoms with E-state index >= 15 is 0 Å². The first kappa shape index (κ1) is 14.5. The summed E-state index contributed by atoms with van der Waals surface area (Å²) in [4.78, 5) is 4.45. The molecule has 0 spiro atoms. The summed E-state index contributed by atoms with van der Waals surface area (Å²) in [6.07, 6.45) is 1.98. The van der Waals surface area contributed by atoms with Crippen LogP contribution in [0.25, 0.3) is 0 Å². The summed E-state index contributed by atoms with van der Waals surface area (Å²) < 4.78 is 20.4. The molecule has 4 nitrogen and oxygen atoms in total. The van der Waals surface area contributed by atoms with Crippen LogP contribution in [0.15, 0.2) is 30.5 Å². The molecule has 0 fully saturated rings. The first-order valence-electron chi connectivity index (χ1n) is 6.63. The SMILES string of the molecule is COCC(C)n1cc(C)nc1NCc1cccc(F)c1. The molecule has 1 atom stereocenters. The number of benzene rings is 1. The average Bonchev–Trinajstić information content (AvgIpc) is 2.78. The van der Waals surface area contributed by atoms with Gasteiger partial charge in [-0.3, -0.25) is 0 Å². The van der Waals surface area contributed by atoms with E-state index in [0.29, 0.717) is 13.2 Å². The number of halogens is 1. The molecule has 0 aliphatic heterocycles. The lowest BCUT2D eigenvalue weighted by Gasteiger charge is -2.16. The number of hydrogen-bond donors (Lipinski definition) is 1. The molecule has 0 saturated heterocycles. The highest BCUT2D eigenvalue weighted by Crippen LogP contribution is 2.17. The van der Waals surface area contributed by atoms with E-state index in [-0.39, 0.29) is 11.9 Å². The van der Waals surface area contributed by atoms with Gasteiger partial charge in [-0.25, -0.2) is 9.37 Å². The van der Waals surface area contributed by atoms with Crippen LogP contribution in [0, 0.1) is 12.7 Å². The predicted molar refractivity (Wildman–Crippen MR) is 77.3 cm³/mol. The number of ether oxygens (including phenoxy) is 1.